The molecule has 3 aromatic rings. The molecule has 0 aromatic heterocycles. The van der Waals surface area contributed by atoms with Gasteiger partial charge in [0.15, 0.2) is 5.78 Å². The van der Waals surface area contributed by atoms with Gasteiger partial charge >= 0.3 is 5.97 Å². The molecule has 0 heterocycles. The van der Waals surface area contributed by atoms with Gasteiger partial charge in [-0.3, -0.25) is 9.59 Å². The van der Waals surface area contributed by atoms with E-state index in [9.17, 15) is 19.8 Å². The molecule has 0 saturated carbocycles. The Morgan fingerprint density at radius 3 is 2.52 bits per heavy atom. The van der Waals surface area contributed by atoms with Crippen molar-refractivity contribution in [2.45, 2.75) is 12.3 Å². The van der Waals surface area contributed by atoms with Gasteiger partial charge in [-0.2, -0.15) is 0 Å². The minimum atomic E-state index is -1.21. The number of fused-ring (bicyclic) bond motifs is 1. The summed E-state index contributed by atoms with van der Waals surface area (Å²) >= 11 is 12.1. The zero-order valence-electron chi connectivity index (χ0n) is 15.1. The third kappa shape index (κ3) is 3.50. The van der Waals surface area contributed by atoms with Crippen molar-refractivity contribution in [3.8, 4) is 5.75 Å². The van der Waals surface area contributed by atoms with Crippen molar-refractivity contribution in [1.29, 1.82) is 0 Å². The van der Waals surface area contributed by atoms with Gasteiger partial charge in [0, 0.05) is 16.5 Å². The van der Waals surface area contributed by atoms with E-state index in [0.717, 1.165) is 16.3 Å². The molecule has 0 saturated heterocycles. The van der Waals surface area contributed by atoms with Gasteiger partial charge in [-0.25, -0.2) is 0 Å². The number of ketones is 1. The van der Waals surface area contributed by atoms with Crippen molar-refractivity contribution in [1.82, 2.24) is 0 Å². The lowest BCUT2D eigenvalue weighted by Gasteiger charge is -2.29. The number of carbonyl (C=O) groups excluding carboxylic acids is 1. The van der Waals surface area contributed by atoms with Crippen molar-refractivity contribution in [2.24, 2.45) is 5.92 Å². The van der Waals surface area contributed by atoms with E-state index in [2.05, 4.69) is 0 Å². The molecule has 0 amide bonds. The third-order valence-corrected chi connectivity index (χ3v) is 5.83. The van der Waals surface area contributed by atoms with Crippen molar-refractivity contribution >= 4 is 51.3 Å². The van der Waals surface area contributed by atoms with Gasteiger partial charge in [-0.15, -0.1) is 0 Å². The summed E-state index contributed by atoms with van der Waals surface area (Å²) in [4.78, 5) is 24.8. The van der Waals surface area contributed by atoms with Crippen LogP contribution in [0, 0.1) is 5.92 Å². The summed E-state index contributed by atoms with van der Waals surface area (Å²) in [6.07, 6.45) is 1.53. The fourth-order valence-corrected chi connectivity index (χ4v) is 4.52. The van der Waals surface area contributed by atoms with E-state index >= 15 is 0 Å². The molecular formula is C23H16Cl2O4. The predicted molar refractivity (Wildman–Crippen MR) is 114 cm³/mol. The van der Waals surface area contributed by atoms with Crippen LogP contribution in [0.1, 0.15) is 23.5 Å². The second-order valence-corrected chi connectivity index (χ2v) is 7.89. The number of carbonyl (C=O) groups is 2. The number of benzene rings is 3. The molecule has 0 bridgehead atoms. The highest BCUT2D eigenvalue weighted by Gasteiger charge is 2.39. The van der Waals surface area contributed by atoms with E-state index in [4.69, 9.17) is 23.2 Å². The summed E-state index contributed by atoms with van der Waals surface area (Å²) in [6, 6.07) is 16.2. The average Bonchev–Trinajstić information content (AvgIpc) is 2.69. The van der Waals surface area contributed by atoms with Crippen LogP contribution < -0.4 is 0 Å². The monoisotopic (exact) mass is 426 g/mol. The highest BCUT2D eigenvalue weighted by molar-refractivity contribution is 6.36. The third-order valence-electron chi connectivity index (χ3n) is 5.33. The van der Waals surface area contributed by atoms with Crippen LogP contribution in [-0.2, 0) is 9.59 Å². The van der Waals surface area contributed by atoms with E-state index < -0.39 is 23.6 Å². The zero-order chi connectivity index (χ0) is 20.7. The maximum atomic E-state index is 12.8. The lowest BCUT2D eigenvalue weighted by molar-refractivity contribution is -0.146. The van der Waals surface area contributed by atoms with Crippen LogP contribution in [0.5, 0.6) is 5.75 Å². The highest BCUT2D eigenvalue weighted by Crippen LogP contribution is 2.45. The van der Waals surface area contributed by atoms with Gasteiger partial charge in [0.2, 0.25) is 0 Å². The lowest BCUT2D eigenvalue weighted by Crippen LogP contribution is -2.32. The number of phenols is 1. The molecule has 0 radical (unpaired) electrons. The fraction of sp³-hybridized carbons (Fsp3) is 0.130. The normalized spacial score (nSPS) is 19.2. The van der Waals surface area contributed by atoms with Gasteiger partial charge in [0.05, 0.1) is 5.02 Å². The second kappa shape index (κ2) is 7.54. The van der Waals surface area contributed by atoms with Crippen LogP contribution in [0.2, 0.25) is 10.0 Å². The van der Waals surface area contributed by atoms with Crippen LogP contribution in [0.25, 0.3) is 16.3 Å². The molecule has 2 atom stereocenters. The number of halogens is 2. The molecule has 6 heteroatoms. The van der Waals surface area contributed by atoms with Crippen molar-refractivity contribution < 1.29 is 19.8 Å². The van der Waals surface area contributed by atoms with Crippen molar-refractivity contribution in [3.05, 3.63) is 81.8 Å². The Balaban J connectivity index is 1.89. The van der Waals surface area contributed by atoms with Gasteiger partial charge in [-0.05, 0) is 46.5 Å². The van der Waals surface area contributed by atoms with E-state index in [1.807, 2.05) is 42.5 Å². The second-order valence-electron chi connectivity index (χ2n) is 7.05. The summed E-state index contributed by atoms with van der Waals surface area (Å²) < 4.78 is 0. The Hall–Kier alpha value is -2.82. The molecule has 2 N–H and O–H groups in total. The number of carboxylic acids is 1. The van der Waals surface area contributed by atoms with Crippen LogP contribution in [-0.4, -0.2) is 22.0 Å². The highest BCUT2D eigenvalue weighted by atomic mass is 35.5. The molecule has 1 aliphatic carbocycles. The minimum Gasteiger partial charge on any atom is -0.506 e. The smallest absolute Gasteiger partial charge is 0.315 e. The maximum absolute atomic E-state index is 12.8. The Morgan fingerprint density at radius 2 is 1.76 bits per heavy atom. The van der Waals surface area contributed by atoms with Crippen LogP contribution in [0.15, 0.2) is 60.7 Å². The predicted octanol–water partition coefficient (Wildman–Crippen LogP) is 5.69. The lowest BCUT2D eigenvalue weighted by atomic mass is 9.72. The molecule has 3 aromatic carbocycles. The van der Waals surface area contributed by atoms with Gasteiger partial charge in [0.1, 0.15) is 11.7 Å². The van der Waals surface area contributed by atoms with E-state index in [-0.39, 0.29) is 17.2 Å². The number of aliphatic carboxylic acids is 1. The van der Waals surface area contributed by atoms with E-state index in [1.54, 1.807) is 0 Å². The Bertz CT molecular complexity index is 1180. The molecule has 4 nitrogen and oxygen atoms in total. The quantitative estimate of drug-likeness (QED) is 0.527. The molecule has 2 unspecified atom stereocenters. The average molecular weight is 427 g/mol. The molecule has 4 rings (SSSR count). The van der Waals surface area contributed by atoms with E-state index in [1.165, 1.54) is 18.2 Å². The van der Waals surface area contributed by atoms with Crippen LogP contribution in [0.3, 0.4) is 0 Å². The van der Waals surface area contributed by atoms with Crippen molar-refractivity contribution in [2.75, 3.05) is 0 Å². The molecule has 146 valence electrons. The van der Waals surface area contributed by atoms with Gasteiger partial charge in [0.25, 0.3) is 0 Å². The van der Waals surface area contributed by atoms with Crippen LogP contribution in [0.4, 0.5) is 0 Å². The number of hydrogen-bond acceptors (Lipinski definition) is 3. The molecule has 1 aliphatic rings. The molecular weight excluding hydrogens is 411 g/mol. The number of rotatable bonds is 3. The molecule has 0 spiro atoms. The SMILES string of the molecule is O=C(O)C1C(=O)C=C(c2cc(Cl)cc(Cl)c2O)CC1c1cccc2ccccc12. The Kier molecular flexibility index (Phi) is 5.07. The summed E-state index contributed by atoms with van der Waals surface area (Å²) in [5, 5.41) is 22.4. The number of hydrogen-bond donors (Lipinski definition) is 2. The van der Waals surface area contributed by atoms with Gasteiger partial charge in [-0.1, -0.05) is 65.7 Å². The largest absolute Gasteiger partial charge is 0.506 e. The number of allylic oxidation sites excluding steroid dienone is 2. The first-order valence-electron chi connectivity index (χ1n) is 9.00. The summed E-state index contributed by atoms with van der Waals surface area (Å²) in [6.45, 7) is 0. The molecule has 0 fully saturated rings. The summed E-state index contributed by atoms with van der Waals surface area (Å²) in [5.41, 5.74) is 1.62. The Morgan fingerprint density at radius 1 is 1.03 bits per heavy atom. The number of carboxylic acid groups (broad SMARTS) is 1. The van der Waals surface area contributed by atoms with E-state index in [0.29, 0.717) is 16.2 Å². The number of phenolic OH excluding ortho intramolecular Hbond substituents is 1. The topological polar surface area (TPSA) is 74.6 Å². The first-order valence-corrected chi connectivity index (χ1v) is 9.75. The standard InChI is InChI=1S/C23H16Cl2O4/c24-14-10-17(22(27)19(25)11-14)13-8-18(21(23(28)29)20(26)9-13)16-7-3-5-12-4-1-2-6-15(12)16/h1-7,9-11,18,21,27H,8H2,(H,28,29). The zero-order valence-corrected chi connectivity index (χ0v) is 16.6. The van der Waals surface area contributed by atoms with Crippen molar-refractivity contribution in [3.63, 3.8) is 0 Å². The Labute approximate surface area is 177 Å². The van der Waals surface area contributed by atoms with Gasteiger partial charge < -0.3 is 10.2 Å². The number of aromatic hydroxyl groups is 1. The molecule has 0 aliphatic heterocycles. The molecule has 29 heavy (non-hydrogen) atoms. The maximum Gasteiger partial charge on any atom is 0.315 e. The first kappa shape index (κ1) is 19.5. The minimum absolute atomic E-state index is 0.0721. The summed E-state index contributed by atoms with van der Waals surface area (Å²) in [5.74, 6) is -3.67. The fourth-order valence-electron chi connectivity index (χ4n) is 4.03. The summed E-state index contributed by atoms with van der Waals surface area (Å²) in [7, 11) is 0. The van der Waals surface area contributed by atoms with Crippen LogP contribution >= 0.6 is 23.2 Å². The first-order chi connectivity index (χ1) is 13.9.